The number of nitrogens with zero attached hydrogens (tertiary/aromatic N) is 3. The summed E-state index contributed by atoms with van der Waals surface area (Å²) in [5.74, 6) is -2.13. The summed E-state index contributed by atoms with van der Waals surface area (Å²) in [6, 6.07) is 13.0. The largest absolute Gasteiger partial charge is 0.361 e. The van der Waals surface area contributed by atoms with E-state index in [4.69, 9.17) is 4.52 Å². The van der Waals surface area contributed by atoms with Crippen LogP contribution in [-0.2, 0) is 16.0 Å². The Morgan fingerprint density at radius 1 is 1.23 bits per heavy atom. The van der Waals surface area contributed by atoms with Crippen LogP contribution in [0.4, 0.5) is 4.39 Å². The van der Waals surface area contributed by atoms with Crippen molar-refractivity contribution in [2.24, 2.45) is 5.92 Å². The standard InChI is InChI=1S/C29H31FN6O4/c1-18-13-26(36-40-18)29(39)35-25(14-19-7-9-22(30)10-8-19)28(38)34-23(15-20-5-4-12-33-27(20)37)16-21(17-31)24-6-2-3-11-32-24/h2-3,6-11,13,20-21,23,25H,4-5,12,14-16H2,1H3,(H,33,37)(H,34,38)(H,35,39)/t20-,21?,23-,25-/m0/s1. The highest BCUT2D eigenvalue weighted by Gasteiger charge is 2.31. The van der Waals surface area contributed by atoms with Crippen LogP contribution in [0.1, 0.15) is 59.1 Å². The van der Waals surface area contributed by atoms with Gasteiger partial charge in [-0.2, -0.15) is 5.26 Å². The normalized spacial score (nSPS) is 17.1. The van der Waals surface area contributed by atoms with E-state index in [1.54, 1.807) is 43.5 Å². The number of benzene rings is 1. The van der Waals surface area contributed by atoms with E-state index < -0.39 is 35.6 Å². The molecule has 3 aromatic rings. The van der Waals surface area contributed by atoms with Gasteiger partial charge in [0.1, 0.15) is 17.6 Å². The Morgan fingerprint density at radius 3 is 2.67 bits per heavy atom. The molecule has 0 aliphatic carbocycles. The number of pyridine rings is 1. The van der Waals surface area contributed by atoms with Crippen molar-refractivity contribution in [2.75, 3.05) is 6.54 Å². The zero-order chi connectivity index (χ0) is 28.5. The molecule has 4 atom stereocenters. The molecule has 3 N–H and O–H groups in total. The van der Waals surface area contributed by atoms with Gasteiger partial charge in [-0.05, 0) is 62.4 Å². The molecule has 1 aliphatic heterocycles. The van der Waals surface area contributed by atoms with Crippen molar-refractivity contribution >= 4 is 17.7 Å². The van der Waals surface area contributed by atoms with Gasteiger partial charge in [-0.1, -0.05) is 23.4 Å². The van der Waals surface area contributed by atoms with Crippen LogP contribution in [0, 0.1) is 30.0 Å². The minimum atomic E-state index is -1.05. The molecule has 1 aromatic carbocycles. The first-order valence-electron chi connectivity index (χ1n) is 13.2. The van der Waals surface area contributed by atoms with Gasteiger partial charge in [-0.15, -0.1) is 0 Å². The second-order valence-corrected chi connectivity index (χ2v) is 9.92. The Labute approximate surface area is 231 Å². The zero-order valence-corrected chi connectivity index (χ0v) is 22.1. The molecule has 40 heavy (non-hydrogen) atoms. The molecule has 1 aliphatic rings. The van der Waals surface area contributed by atoms with Crippen LogP contribution in [0.5, 0.6) is 0 Å². The number of carbonyl (C=O) groups is 3. The Balaban J connectivity index is 1.56. The molecule has 3 amide bonds. The van der Waals surface area contributed by atoms with E-state index in [9.17, 15) is 24.0 Å². The highest BCUT2D eigenvalue weighted by atomic mass is 19.1. The number of nitriles is 1. The smallest absolute Gasteiger partial charge is 0.274 e. The molecule has 0 spiro atoms. The van der Waals surface area contributed by atoms with Crippen LogP contribution in [0.15, 0.2) is 59.3 Å². The van der Waals surface area contributed by atoms with E-state index in [0.717, 1.165) is 6.42 Å². The Kier molecular flexibility index (Phi) is 9.57. The number of aryl methyl sites for hydroxylation is 1. The fourth-order valence-electron chi connectivity index (χ4n) is 4.80. The van der Waals surface area contributed by atoms with Gasteiger partial charge < -0.3 is 20.5 Å². The van der Waals surface area contributed by atoms with Crippen LogP contribution in [0.3, 0.4) is 0 Å². The van der Waals surface area contributed by atoms with Crippen molar-refractivity contribution in [2.45, 2.75) is 57.0 Å². The second kappa shape index (κ2) is 13.5. The predicted octanol–water partition coefficient (Wildman–Crippen LogP) is 2.96. The number of aromatic nitrogens is 2. The highest BCUT2D eigenvalue weighted by Crippen LogP contribution is 2.25. The maximum atomic E-state index is 13.7. The summed E-state index contributed by atoms with van der Waals surface area (Å²) in [5.41, 5.74) is 1.21. The van der Waals surface area contributed by atoms with Gasteiger partial charge >= 0.3 is 0 Å². The van der Waals surface area contributed by atoms with Crippen LogP contribution >= 0.6 is 0 Å². The molecule has 0 saturated carbocycles. The molecule has 2 aromatic heterocycles. The van der Waals surface area contributed by atoms with Crippen LogP contribution in [0.2, 0.25) is 0 Å². The van der Waals surface area contributed by atoms with Gasteiger partial charge in [-0.25, -0.2) is 4.39 Å². The van der Waals surface area contributed by atoms with Crippen LogP contribution in [0.25, 0.3) is 0 Å². The number of rotatable bonds is 11. The third-order valence-electron chi connectivity index (χ3n) is 6.87. The van der Waals surface area contributed by atoms with E-state index in [1.807, 2.05) is 0 Å². The van der Waals surface area contributed by atoms with Crippen molar-refractivity contribution in [3.63, 3.8) is 0 Å². The lowest BCUT2D eigenvalue weighted by molar-refractivity contribution is -0.128. The van der Waals surface area contributed by atoms with Gasteiger partial charge in [0, 0.05) is 37.2 Å². The van der Waals surface area contributed by atoms with Gasteiger partial charge in [0.15, 0.2) is 5.69 Å². The molecule has 4 rings (SSSR count). The quantitative estimate of drug-likeness (QED) is 0.335. The molecular weight excluding hydrogens is 515 g/mol. The van der Waals surface area contributed by atoms with Crippen molar-refractivity contribution in [3.05, 3.63) is 83.3 Å². The minimum Gasteiger partial charge on any atom is -0.361 e. The topological polar surface area (TPSA) is 150 Å². The Bertz CT molecular complexity index is 1350. The number of halogens is 1. The third kappa shape index (κ3) is 7.72. The molecule has 10 nitrogen and oxygen atoms in total. The fourth-order valence-corrected chi connectivity index (χ4v) is 4.80. The van der Waals surface area contributed by atoms with Crippen LogP contribution in [-0.4, -0.2) is 46.5 Å². The lowest BCUT2D eigenvalue weighted by Crippen LogP contribution is -2.52. The average Bonchev–Trinajstić information content (AvgIpc) is 3.40. The number of hydrogen-bond acceptors (Lipinski definition) is 7. The lowest BCUT2D eigenvalue weighted by atomic mass is 9.86. The molecule has 1 unspecified atom stereocenters. The summed E-state index contributed by atoms with van der Waals surface area (Å²) in [7, 11) is 0. The number of nitrogens with one attached hydrogen (secondary N) is 3. The molecule has 11 heteroatoms. The highest BCUT2D eigenvalue weighted by molar-refractivity contribution is 5.96. The maximum Gasteiger partial charge on any atom is 0.274 e. The van der Waals surface area contributed by atoms with E-state index in [0.29, 0.717) is 36.4 Å². The number of piperidine rings is 1. The Morgan fingerprint density at radius 2 is 2.02 bits per heavy atom. The van der Waals surface area contributed by atoms with E-state index in [-0.39, 0.29) is 30.4 Å². The van der Waals surface area contributed by atoms with E-state index in [1.165, 1.54) is 18.2 Å². The van der Waals surface area contributed by atoms with E-state index >= 15 is 0 Å². The van der Waals surface area contributed by atoms with Crippen molar-refractivity contribution < 1.29 is 23.3 Å². The SMILES string of the molecule is Cc1cc(C(=O)N[C@@H](Cc2ccc(F)cc2)C(=O)N[C@H](CC(C#N)c2ccccn2)C[C@@H]2CCCNC2=O)no1. The first kappa shape index (κ1) is 28.4. The lowest BCUT2D eigenvalue weighted by Gasteiger charge is -2.29. The molecule has 1 fully saturated rings. The molecule has 208 valence electrons. The maximum absolute atomic E-state index is 13.7. The second-order valence-electron chi connectivity index (χ2n) is 9.92. The molecular formula is C29H31FN6O4. The molecule has 0 radical (unpaired) electrons. The summed E-state index contributed by atoms with van der Waals surface area (Å²) < 4.78 is 18.5. The minimum absolute atomic E-state index is 0.0181. The first-order chi connectivity index (χ1) is 19.3. The van der Waals surface area contributed by atoms with Crippen molar-refractivity contribution in [1.29, 1.82) is 5.26 Å². The number of amides is 3. The van der Waals surface area contributed by atoms with Crippen molar-refractivity contribution in [3.8, 4) is 6.07 Å². The zero-order valence-electron chi connectivity index (χ0n) is 22.1. The van der Waals surface area contributed by atoms with Crippen molar-refractivity contribution in [1.82, 2.24) is 26.1 Å². The number of hydrogen-bond donors (Lipinski definition) is 3. The van der Waals surface area contributed by atoms with Crippen LogP contribution < -0.4 is 16.0 Å². The van der Waals surface area contributed by atoms with Gasteiger partial charge in [0.05, 0.1) is 17.7 Å². The first-order valence-corrected chi connectivity index (χ1v) is 13.2. The summed E-state index contributed by atoms with van der Waals surface area (Å²) >= 11 is 0. The van der Waals surface area contributed by atoms with Gasteiger partial charge in [0.2, 0.25) is 11.8 Å². The summed E-state index contributed by atoms with van der Waals surface area (Å²) in [5, 5.41) is 22.2. The predicted molar refractivity (Wildman–Crippen MR) is 142 cm³/mol. The van der Waals surface area contributed by atoms with Gasteiger partial charge in [0.25, 0.3) is 5.91 Å². The summed E-state index contributed by atoms with van der Waals surface area (Å²) in [4.78, 5) is 43.4. The monoisotopic (exact) mass is 546 g/mol. The number of carbonyl (C=O) groups excluding carboxylic acids is 3. The molecule has 3 heterocycles. The summed E-state index contributed by atoms with van der Waals surface area (Å²) in [6.07, 6.45) is 3.71. The Hall–Kier alpha value is -4.59. The summed E-state index contributed by atoms with van der Waals surface area (Å²) in [6.45, 7) is 2.25. The molecule has 0 bridgehead atoms. The van der Waals surface area contributed by atoms with Gasteiger partial charge in [-0.3, -0.25) is 19.4 Å². The average molecular weight is 547 g/mol. The molecule has 1 saturated heterocycles. The van der Waals surface area contributed by atoms with E-state index in [2.05, 4.69) is 32.2 Å². The third-order valence-corrected chi connectivity index (χ3v) is 6.87. The fraction of sp³-hybridized carbons (Fsp3) is 0.379.